The molecule has 0 spiro atoms. The number of nitrogen functional groups attached to an aromatic ring is 1. The predicted molar refractivity (Wildman–Crippen MR) is 93.3 cm³/mol. The second-order valence-electron chi connectivity index (χ2n) is 5.12. The summed E-state index contributed by atoms with van der Waals surface area (Å²) < 4.78 is 11.6. The summed E-state index contributed by atoms with van der Waals surface area (Å²) in [5.41, 5.74) is 7.36. The number of carbonyl (C=O) groups excluding carboxylic acids is 1. The molecule has 2 aromatic carbocycles. The summed E-state index contributed by atoms with van der Waals surface area (Å²) in [7, 11) is 3.16. The van der Waals surface area contributed by atoms with E-state index in [1.165, 1.54) is 4.68 Å². The van der Waals surface area contributed by atoms with Gasteiger partial charge in [-0.05, 0) is 48.5 Å². The Morgan fingerprint density at radius 2 is 1.56 bits per heavy atom. The van der Waals surface area contributed by atoms with Crippen LogP contribution in [-0.2, 0) is 0 Å². The maximum Gasteiger partial charge on any atom is 0.280 e. The third-order valence-electron chi connectivity index (χ3n) is 3.58. The lowest BCUT2D eigenvalue weighted by Crippen LogP contribution is -2.15. The Morgan fingerprint density at radius 3 is 2.12 bits per heavy atom. The number of anilines is 2. The number of nitrogens with zero attached hydrogens (tertiary/aromatic N) is 3. The van der Waals surface area contributed by atoms with Gasteiger partial charge in [-0.25, -0.2) is 0 Å². The maximum absolute atomic E-state index is 12.4. The van der Waals surface area contributed by atoms with Crippen LogP contribution >= 0.6 is 0 Å². The van der Waals surface area contributed by atoms with Crippen molar-refractivity contribution in [3.63, 3.8) is 0 Å². The first kappa shape index (κ1) is 16.3. The maximum atomic E-state index is 12.4. The standard InChI is InChI=1S/C17H17N5O3/c1-24-13-7-3-11(4-8-13)19-17(23)15-16(18)22(21-20-15)12-5-9-14(25-2)10-6-12/h3-10H,18H2,1-2H3,(H,19,23). The van der Waals surface area contributed by atoms with Gasteiger partial charge in [0.1, 0.15) is 11.5 Å². The van der Waals surface area contributed by atoms with Crippen LogP contribution in [0.2, 0.25) is 0 Å². The Labute approximate surface area is 144 Å². The average Bonchev–Trinajstić information content (AvgIpc) is 3.04. The molecule has 128 valence electrons. The van der Waals surface area contributed by atoms with Gasteiger partial charge in [0.05, 0.1) is 19.9 Å². The fourth-order valence-corrected chi connectivity index (χ4v) is 2.23. The fraction of sp³-hybridized carbons (Fsp3) is 0.118. The summed E-state index contributed by atoms with van der Waals surface area (Å²) in [4.78, 5) is 12.4. The molecule has 0 bridgehead atoms. The minimum absolute atomic E-state index is 0.0478. The van der Waals surface area contributed by atoms with E-state index in [-0.39, 0.29) is 11.5 Å². The van der Waals surface area contributed by atoms with Crippen LogP contribution in [0.3, 0.4) is 0 Å². The molecular weight excluding hydrogens is 322 g/mol. The quantitative estimate of drug-likeness (QED) is 0.738. The van der Waals surface area contributed by atoms with E-state index in [0.717, 1.165) is 0 Å². The Kier molecular flexibility index (Phi) is 4.51. The van der Waals surface area contributed by atoms with Gasteiger partial charge in [0.25, 0.3) is 5.91 Å². The van der Waals surface area contributed by atoms with E-state index in [4.69, 9.17) is 15.2 Å². The second-order valence-corrected chi connectivity index (χ2v) is 5.12. The molecule has 0 aliphatic heterocycles. The van der Waals surface area contributed by atoms with Crippen molar-refractivity contribution in [2.75, 3.05) is 25.3 Å². The monoisotopic (exact) mass is 339 g/mol. The number of aromatic nitrogens is 3. The second kappa shape index (κ2) is 6.91. The van der Waals surface area contributed by atoms with Crippen LogP contribution < -0.4 is 20.5 Å². The van der Waals surface area contributed by atoms with Crippen LogP contribution in [0.1, 0.15) is 10.5 Å². The molecule has 25 heavy (non-hydrogen) atoms. The van der Waals surface area contributed by atoms with E-state index in [2.05, 4.69) is 15.6 Å². The number of methoxy groups -OCH3 is 2. The van der Waals surface area contributed by atoms with Crippen molar-refractivity contribution in [2.24, 2.45) is 0 Å². The lowest BCUT2D eigenvalue weighted by molar-refractivity contribution is 0.102. The number of carbonyl (C=O) groups is 1. The first-order valence-corrected chi connectivity index (χ1v) is 7.43. The van der Waals surface area contributed by atoms with Crippen molar-refractivity contribution in [3.05, 3.63) is 54.2 Å². The van der Waals surface area contributed by atoms with Crippen LogP contribution in [0.15, 0.2) is 48.5 Å². The molecule has 1 aromatic heterocycles. The highest BCUT2D eigenvalue weighted by molar-refractivity contribution is 6.05. The number of rotatable bonds is 5. The van der Waals surface area contributed by atoms with Gasteiger partial charge in [-0.3, -0.25) is 4.79 Å². The highest BCUT2D eigenvalue weighted by Crippen LogP contribution is 2.20. The molecule has 3 aromatic rings. The number of hydrogen-bond acceptors (Lipinski definition) is 6. The number of hydrogen-bond donors (Lipinski definition) is 2. The van der Waals surface area contributed by atoms with Gasteiger partial charge in [-0.1, -0.05) is 5.21 Å². The normalized spacial score (nSPS) is 10.3. The highest BCUT2D eigenvalue weighted by Gasteiger charge is 2.18. The van der Waals surface area contributed by atoms with E-state index in [0.29, 0.717) is 22.9 Å². The topological polar surface area (TPSA) is 104 Å². The molecule has 0 fully saturated rings. The number of nitrogens with two attached hydrogens (primary N) is 1. The molecule has 1 heterocycles. The van der Waals surface area contributed by atoms with Gasteiger partial charge in [-0.2, -0.15) is 4.68 Å². The lowest BCUT2D eigenvalue weighted by atomic mass is 10.3. The SMILES string of the molecule is COc1ccc(NC(=O)c2nnn(-c3ccc(OC)cc3)c2N)cc1. The first-order chi connectivity index (χ1) is 12.1. The molecular formula is C17H17N5O3. The summed E-state index contributed by atoms with van der Waals surface area (Å²) in [5, 5.41) is 10.6. The molecule has 0 atom stereocenters. The minimum atomic E-state index is -0.442. The molecule has 8 nitrogen and oxygen atoms in total. The molecule has 3 rings (SSSR count). The molecule has 0 aliphatic carbocycles. The molecule has 0 aliphatic rings. The van der Waals surface area contributed by atoms with Crippen LogP contribution in [0.4, 0.5) is 11.5 Å². The van der Waals surface area contributed by atoms with Crippen molar-refractivity contribution in [3.8, 4) is 17.2 Å². The molecule has 8 heteroatoms. The molecule has 1 amide bonds. The van der Waals surface area contributed by atoms with E-state index >= 15 is 0 Å². The molecule has 3 N–H and O–H groups in total. The minimum Gasteiger partial charge on any atom is -0.497 e. The fourth-order valence-electron chi connectivity index (χ4n) is 2.23. The summed E-state index contributed by atoms with van der Waals surface area (Å²) >= 11 is 0. The zero-order valence-electron chi connectivity index (χ0n) is 13.8. The van der Waals surface area contributed by atoms with Crippen molar-refractivity contribution < 1.29 is 14.3 Å². The lowest BCUT2D eigenvalue weighted by Gasteiger charge is -2.06. The van der Waals surface area contributed by atoms with E-state index in [1.807, 2.05) is 0 Å². The summed E-state index contributed by atoms with van der Waals surface area (Å²) in [6, 6.07) is 14.0. The van der Waals surface area contributed by atoms with Crippen molar-refractivity contribution in [2.45, 2.75) is 0 Å². The zero-order chi connectivity index (χ0) is 17.8. The van der Waals surface area contributed by atoms with Crippen molar-refractivity contribution in [1.29, 1.82) is 0 Å². The molecule has 0 unspecified atom stereocenters. The Hall–Kier alpha value is -3.55. The predicted octanol–water partition coefficient (Wildman–Crippen LogP) is 2.12. The van der Waals surface area contributed by atoms with Gasteiger partial charge in [0, 0.05) is 5.69 Å². The van der Waals surface area contributed by atoms with Gasteiger partial charge < -0.3 is 20.5 Å². The average molecular weight is 339 g/mol. The van der Waals surface area contributed by atoms with Crippen LogP contribution in [0, 0.1) is 0 Å². The molecule has 0 saturated carbocycles. The van der Waals surface area contributed by atoms with E-state index in [9.17, 15) is 4.79 Å². The van der Waals surface area contributed by atoms with Gasteiger partial charge in [-0.15, -0.1) is 5.10 Å². The van der Waals surface area contributed by atoms with Crippen molar-refractivity contribution in [1.82, 2.24) is 15.0 Å². The van der Waals surface area contributed by atoms with Gasteiger partial charge in [0.15, 0.2) is 11.5 Å². The number of nitrogens with one attached hydrogen (secondary N) is 1. The summed E-state index contributed by atoms with van der Waals surface area (Å²) in [6.45, 7) is 0. The number of benzene rings is 2. The largest absolute Gasteiger partial charge is 0.497 e. The van der Waals surface area contributed by atoms with Crippen molar-refractivity contribution >= 4 is 17.4 Å². The Balaban J connectivity index is 1.80. The Bertz CT molecular complexity index is 872. The highest BCUT2D eigenvalue weighted by atomic mass is 16.5. The summed E-state index contributed by atoms with van der Waals surface area (Å²) in [5.74, 6) is 1.11. The summed E-state index contributed by atoms with van der Waals surface area (Å²) in [6.07, 6.45) is 0. The Morgan fingerprint density at radius 1 is 1.00 bits per heavy atom. The zero-order valence-corrected chi connectivity index (χ0v) is 13.8. The van der Waals surface area contributed by atoms with Crippen LogP contribution in [0.5, 0.6) is 11.5 Å². The van der Waals surface area contributed by atoms with Gasteiger partial charge in [0.2, 0.25) is 0 Å². The van der Waals surface area contributed by atoms with Crippen LogP contribution in [0.25, 0.3) is 5.69 Å². The molecule has 0 radical (unpaired) electrons. The van der Waals surface area contributed by atoms with Gasteiger partial charge >= 0.3 is 0 Å². The number of ether oxygens (including phenoxy) is 2. The molecule has 0 saturated heterocycles. The van der Waals surface area contributed by atoms with E-state index < -0.39 is 5.91 Å². The first-order valence-electron chi connectivity index (χ1n) is 7.43. The third-order valence-corrected chi connectivity index (χ3v) is 3.58. The van der Waals surface area contributed by atoms with E-state index in [1.54, 1.807) is 62.8 Å². The number of amides is 1. The van der Waals surface area contributed by atoms with Crippen LogP contribution in [-0.4, -0.2) is 35.1 Å². The smallest absolute Gasteiger partial charge is 0.280 e. The third kappa shape index (κ3) is 3.37.